The fourth-order valence-electron chi connectivity index (χ4n) is 2.77. The van der Waals surface area contributed by atoms with Crippen LogP contribution in [-0.2, 0) is 0 Å². The van der Waals surface area contributed by atoms with Gasteiger partial charge in [0.15, 0.2) is 0 Å². The summed E-state index contributed by atoms with van der Waals surface area (Å²) in [4.78, 5) is 0. The van der Waals surface area contributed by atoms with Crippen LogP contribution < -0.4 is 10.1 Å². The van der Waals surface area contributed by atoms with Gasteiger partial charge in [-0.15, -0.1) is 0 Å². The standard InChI is InChI=1S/C16H24FNOS/c1-3-18-15(11-20-13-6-4-5-7-13)14-10-12(17)8-9-16(14)19-2/h8-10,13,15,18H,3-7,11H2,1-2H3. The number of halogens is 1. The molecule has 1 atom stereocenters. The Bertz CT molecular complexity index is 421. The van der Waals surface area contributed by atoms with Crippen LogP contribution in [0.25, 0.3) is 0 Å². The van der Waals surface area contributed by atoms with Gasteiger partial charge in [0.05, 0.1) is 7.11 Å². The van der Waals surface area contributed by atoms with Crippen LogP contribution in [0.5, 0.6) is 5.75 Å². The number of hydrogen-bond donors (Lipinski definition) is 1. The molecule has 1 unspecified atom stereocenters. The number of nitrogens with one attached hydrogen (secondary N) is 1. The van der Waals surface area contributed by atoms with Crippen molar-refractivity contribution in [1.29, 1.82) is 0 Å². The first-order valence-electron chi connectivity index (χ1n) is 7.43. The molecule has 0 bridgehead atoms. The van der Waals surface area contributed by atoms with Crippen molar-refractivity contribution in [1.82, 2.24) is 5.32 Å². The second-order valence-corrected chi connectivity index (χ2v) is 6.57. The number of rotatable bonds is 7. The van der Waals surface area contributed by atoms with Crippen molar-refractivity contribution in [3.8, 4) is 5.75 Å². The number of hydrogen-bond acceptors (Lipinski definition) is 3. The third-order valence-corrected chi connectivity index (χ3v) is 5.29. The zero-order valence-electron chi connectivity index (χ0n) is 12.3. The van der Waals surface area contributed by atoms with Gasteiger partial charge in [-0.1, -0.05) is 19.8 Å². The minimum absolute atomic E-state index is 0.149. The zero-order chi connectivity index (χ0) is 14.4. The Labute approximate surface area is 125 Å². The predicted octanol–water partition coefficient (Wildman–Crippen LogP) is 4.16. The highest BCUT2D eigenvalue weighted by Crippen LogP contribution is 2.34. The monoisotopic (exact) mass is 297 g/mol. The van der Waals surface area contributed by atoms with Crippen LogP contribution in [0.15, 0.2) is 18.2 Å². The summed E-state index contributed by atoms with van der Waals surface area (Å²) in [5, 5.41) is 4.23. The SMILES string of the molecule is CCNC(CSC1CCCC1)c1cc(F)ccc1OC. The van der Waals surface area contributed by atoms with Crippen molar-refractivity contribution in [3.05, 3.63) is 29.6 Å². The van der Waals surface area contributed by atoms with E-state index in [0.29, 0.717) is 0 Å². The van der Waals surface area contributed by atoms with Crippen molar-refractivity contribution in [2.24, 2.45) is 0 Å². The Balaban J connectivity index is 2.07. The zero-order valence-corrected chi connectivity index (χ0v) is 13.1. The lowest BCUT2D eigenvalue weighted by Gasteiger charge is -2.22. The number of methoxy groups -OCH3 is 1. The maximum absolute atomic E-state index is 13.5. The van der Waals surface area contributed by atoms with Crippen molar-refractivity contribution >= 4 is 11.8 Å². The lowest BCUT2D eigenvalue weighted by atomic mass is 10.1. The normalized spacial score (nSPS) is 17.4. The van der Waals surface area contributed by atoms with E-state index < -0.39 is 0 Å². The van der Waals surface area contributed by atoms with Gasteiger partial charge in [0, 0.05) is 22.6 Å². The average Bonchev–Trinajstić information content (AvgIpc) is 2.96. The van der Waals surface area contributed by atoms with Crippen molar-refractivity contribution in [2.45, 2.75) is 43.9 Å². The molecule has 1 aromatic carbocycles. The van der Waals surface area contributed by atoms with Gasteiger partial charge in [-0.05, 0) is 37.6 Å². The fraction of sp³-hybridized carbons (Fsp3) is 0.625. The summed E-state index contributed by atoms with van der Waals surface area (Å²) in [6.45, 7) is 2.95. The molecule has 0 amide bonds. The molecule has 1 saturated carbocycles. The van der Waals surface area contributed by atoms with Gasteiger partial charge in [0.2, 0.25) is 0 Å². The van der Waals surface area contributed by atoms with E-state index in [1.165, 1.54) is 31.7 Å². The first-order valence-corrected chi connectivity index (χ1v) is 8.48. The molecule has 112 valence electrons. The molecule has 2 rings (SSSR count). The van der Waals surface area contributed by atoms with Crippen molar-refractivity contribution in [2.75, 3.05) is 19.4 Å². The molecule has 1 aliphatic rings. The highest BCUT2D eigenvalue weighted by atomic mass is 32.2. The quantitative estimate of drug-likeness (QED) is 0.816. The van der Waals surface area contributed by atoms with E-state index >= 15 is 0 Å². The van der Waals surface area contributed by atoms with E-state index in [4.69, 9.17) is 4.74 Å². The van der Waals surface area contributed by atoms with Gasteiger partial charge in [-0.2, -0.15) is 11.8 Å². The first-order chi connectivity index (χ1) is 9.74. The van der Waals surface area contributed by atoms with Gasteiger partial charge < -0.3 is 10.1 Å². The van der Waals surface area contributed by atoms with Crippen molar-refractivity contribution in [3.63, 3.8) is 0 Å². The Kier molecular flexibility index (Phi) is 6.17. The topological polar surface area (TPSA) is 21.3 Å². The Morgan fingerprint density at radius 1 is 1.40 bits per heavy atom. The Morgan fingerprint density at radius 3 is 2.80 bits per heavy atom. The van der Waals surface area contributed by atoms with E-state index in [1.807, 2.05) is 11.8 Å². The summed E-state index contributed by atoms with van der Waals surface area (Å²) in [5.74, 6) is 1.54. The van der Waals surface area contributed by atoms with Gasteiger partial charge in [-0.3, -0.25) is 0 Å². The minimum Gasteiger partial charge on any atom is -0.496 e. The molecule has 0 heterocycles. The van der Waals surface area contributed by atoms with E-state index in [1.54, 1.807) is 19.2 Å². The fourth-order valence-corrected chi connectivity index (χ4v) is 4.20. The smallest absolute Gasteiger partial charge is 0.123 e. The molecule has 0 radical (unpaired) electrons. The van der Waals surface area contributed by atoms with E-state index in [2.05, 4.69) is 12.2 Å². The highest BCUT2D eigenvalue weighted by molar-refractivity contribution is 7.99. The molecule has 0 saturated heterocycles. The first kappa shape index (κ1) is 15.6. The molecule has 1 N–H and O–H groups in total. The third-order valence-electron chi connectivity index (χ3n) is 3.82. The molecule has 2 nitrogen and oxygen atoms in total. The molecular weight excluding hydrogens is 273 g/mol. The molecule has 20 heavy (non-hydrogen) atoms. The van der Waals surface area contributed by atoms with Crippen LogP contribution in [0.2, 0.25) is 0 Å². The molecular formula is C16H24FNOS. The van der Waals surface area contributed by atoms with E-state index in [0.717, 1.165) is 28.9 Å². The van der Waals surface area contributed by atoms with Crippen LogP contribution >= 0.6 is 11.8 Å². The second-order valence-electron chi connectivity index (χ2n) is 5.24. The second kappa shape index (κ2) is 7.89. The molecule has 0 spiro atoms. The minimum atomic E-state index is -0.199. The van der Waals surface area contributed by atoms with Crippen LogP contribution in [0.4, 0.5) is 4.39 Å². The molecule has 1 aliphatic carbocycles. The molecule has 4 heteroatoms. The largest absolute Gasteiger partial charge is 0.496 e. The van der Waals surface area contributed by atoms with Crippen molar-refractivity contribution < 1.29 is 9.13 Å². The summed E-state index contributed by atoms with van der Waals surface area (Å²) in [7, 11) is 1.64. The van der Waals surface area contributed by atoms with Crippen LogP contribution in [0, 0.1) is 5.82 Å². The summed E-state index contributed by atoms with van der Waals surface area (Å²) < 4.78 is 18.9. The predicted molar refractivity (Wildman–Crippen MR) is 84.1 cm³/mol. The van der Waals surface area contributed by atoms with Gasteiger partial charge >= 0.3 is 0 Å². The third kappa shape index (κ3) is 4.13. The summed E-state index contributed by atoms with van der Waals surface area (Å²) in [5.41, 5.74) is 0.930. The summed E-state index contributed by atoms with van der Waals surface area (Å²) in [6.07, 6.45) is 5.35. The van der Waals surface area contributed by atoms with Crippen LogP contribution in [0.1, 0.15) is 44.2 Å². The van der Waals surface area contributed by atoms with Gasteiger partial charge in [-0.25, -0.2) is 4.39 Å². The average molecular weight is 297 g/mol. The highest BCUT2D eigenvalue weighted by Gasteiger charge is 2.20. The molecule has 0 aromatic heterocycles. The Morgan fingerprint density at radius 2 is 2.15 bits per heavy atom. The number of thioether (sulfide) groups is 1. The maximum atomic E-state index is 13.5. The molecule has 1 fully saturated rings. The molecule has 0 aliphatic heterocycles. The Hall–Kier alpha value is -0.740. The summed E-state index contributed by atoms with van der Waals surface area (Å²) >= 11 is 2.01. The van der Waals surface area contributed by atoms with Gasteiger partial charge in [0.25, 0.3) is 0 Å². The lowest BCUT2D eigenvalue weighted by Crippen LogP contribution is -2.24. The molecule has 1 aromatic rings. The van der Waals surface area contributed by atoms with Crippen LogP contribution in [0.3, 0.4) is 0 Å². The lowest BCUT2D eigenvalue weighted by molar-refractivity contribution is 0.401. The van der Waals surface area contributed by atoms with E-state index in [9.17, 15) is 4.39 Å². The summed E-state index contributed by atoms with van der Waals surface area (Å²) in [6, 6.07) is 4.92. The number of benzene rings is 1. The number of ether oxygens (including phenoxy) is 1. The van der Waals surface area contributed by atoms with Crippen LogP contribution in [-0.4, -0.2) is 24.7 Å². The van der Waals surface area contributed by atoms with Gasteiger partial charge in [0.1, 0.15) is 11.6 Å². The van der Waals surface area contributed by atoms with E-state index in [-0.39, 0.29) is 11.9 Å². The maximum Gasteiger partial charge on any atom is 0.123 e.